The molecule has 0 fully saturated rings. The number of hydrogen-bond acceptors (Lipinski definition) is 6. The SMILES string of the molecule is O=C(Nc1cc(-c2cc(OCCCCCO)ccc2Cl)ccn1)c1nnc(Cc2ccccc2)[nH]1. The first kappa shape index (κ1) is 24.4. The topological polar surface area (TPSA) is 113 Å². The van der Waals surface area contributed by atoms with E-state index in [1.807, 2.05) is 48.5 Å². The maximum atomic E-state index is 12.7. The van der Waals surface area contributed by atoms with E-state index in [1.165, 1.54) is 0 Å². The van der Waals surface area contributed by atoms with Gasteiger partial charge >= 0.3 is 0 Å². The van der Waals surface area contributed by atoms with Gasteiger partial charge in [0.2, 0.25) is 5.82 Å². The van der Waals surface area contributed by atoms with Crippen LogP contribution in [0, 0.1) is 0 Å². The maximum Gasteiger partial charge on any atom is 0.294 e. The Labute approximate surface area is 208 Å². The predicted molar refractivity (Wildman–Crippen MR) is 135 cm³/mol. The molecule has 0 aliphatic rings. The molecule has 2 aromatic heterocycles. The van der Waals surface area contributed by atoms with E-state index in [1.54, 1.807) is 18.3 Å². The Balaban J connectivity index is 1.42. The molecule has 0 unspecified atom stereocenters. The summed E-state index contributed by atoms with van der Waals surface area (Å²) in [5.41, 5.74) is 2.62. The number of pyridine rings is 1. The van der Waals surface area contributed by atoms with Gasteiger partial charge in [-0.2, -0.15) is 0 Å². The molecule has 0 saturated heterocycles. The van der Waals surface area contributed by atoms with Crippen molar-refractivity contribution in [3.8, 4) is 16.9 Å². The monoisotopic (exact) mass is 491 g/mol. The number of carbonyl (C=O) groups excluding carboxylic acids is 1. The molecule has 0 saturated carbocycles. The molecular formula is C26H26ClN5O3. The number of aliphatic hydroxyl groups is 1. The highest BCUT2D eigenvalue weighted by Gasteiger charge is 2.14. The van der Waals surface area contributed by atoms with Crippen LogP contribution in [-0.2, 0) is 6.42 Å². The highest BCUT2D eigenvalue weighted by atomic mass is 35.5. The Bertz CT molecular complexity index is 1260. The van der Waals surface area contributed by atoms with Gasteiger partial charge in [-0.15, -0.1) is 10.2 Å². The van der Waals surface area contributed by atoms with Gasteiger partial charge in [-0.3, -0.25) is 4.79 Å². The van der Waals surface area contributed by atoms with Crippen molar-refractivity contribution < 1.29 is 14.6 Å². The maximum absolute atomic E-state index is 12.7. The summed E-state index contributed by atoms with van der Waals surface area (Å²) in [5.74, 6) is 1.33. The van der Waals surface area contributed by atoms with E-state index in [0.717, 1.165) is 36.0 Å². The van der Waals surface area contributed by atoms with Crippen molar-refractivity contribution in [1.82, 2.24) is 20.2 Å². The minimum Gasteiger partial charge on any atom is -0.494 e. The molecule has 0 aliphatic heterocycles. The number of carbonyl (C=O) groups is 1. The first-order valence-electron chi connectivity index (χ1n) is 11.4. The number of hydrogen-bond donors (Lipinski definition) is 3. The van der Waals surface area contributed by atoms with Crippen LogP contribution in [0.25, 0.3) is 11.1 Å². The van der Waals surface area contributed by atoms with Gasteiger partial charge in [0, 0.05) is 29.8 Å². The largest absolute Gasteiger partial charge is 0.494 e. The molecule has 4 aromatic rings. The molecule has 3 N–H and O–H groups in total. The van der Waals surface area contributed by atoms with Crippen molar-refractivity contribution in [1.29, 1.82) is 0 Å². The fraction of sp³-hybridized carbons (Fsp3) is 0.231. The number of ether oxygens (including phenoxy) is 1. The molecule has 0 aliphatic carbocycles. The number of halogens is 1. The zero-order valence-electron chi connectivity index (χ0n) is 19.1. The Morgan fingerprint density at radius 1 is 1.03 bits per heavy atom. The summed E-state index contributed by atoms with van der Waals surface area (Å²) in [6, 6.07) is 18.8. The van der Waals surface area contributed by atoms with Crippen molar-refractivity contribution in [3.05, 3.63) is 89.1 Å². The normalized spacial score (nSPS) is 10.8. The first-order valence-corrected chi connectivity index (χ1v) is 11.8. The summed E-state index contributed by atoms with van der Waals surface area (Å²) >= 11 is 6.44. The average Bonchev–Trinajstić information content (AvgIpc) is 3.34. The van der Waals surface area contributed by atoms with Gasteiger partial charge < -0.3 is 20.1 Å². The van der Waals surface area contributed by atoms with E-state index in [0.29, 0.717) is 35.4 Å². The Morgan fingerprint density at radius 2 is 1.89 bits per heavy atom. The van der Waals surface area contributed by atoms with Crippen LogP contribution in [-0.4, -0.2) is 44.4 Å². The van der Waals surface area contributed by atoms with Gasteiger partial charge in [0.15, 0.2) is 0 Å². The van der Waals surface area contributed by atoms with E-state index in [4.69, 9.17) is 21.4 Å². The summed E-state index contributed by atoms with van der Waals surface area (Å²) in [6.07, 6.45) is 4.68. The lowest BCUT2D eigenvalue weighted by molar-refractivity contribution is 0.101. The number of rotatable bonds is 11. The van der Waals surface area contributed by atoms with Crippen molar-refractivity contribution in [2.75, 3.05) is 18.5 Å². The van der Waals surface area contributed by atoms with E-state index in [2.05, 4.69) is 25.5 Å². The second kappa shape index (κ2) is 12.1. The molecule has 0 bridgehead atoms. The molecule has 180 valence electrons. The van der Waals surface area contributed by atoms with Gasteiger partial charge in [-0.25, -0.2) is 4.98 Å². The fourth-order valence-electron chi connectivity index (χ4n) is 3.51. The van der Waals surface area contributed by atoms with Gasteiger partial charge in [-0.1, -0.05) is 41.9 Å². The van der Waals surface area contributed by atoms with E-state index in [9.17, 15) is 4.79 Å². The van der Waals surface area contributed by atoms with Crippen LogP contribution in [0.2, 0.25) is 5.02 Å². The minimum absolute atomic E-state index is 0.109. The van der Waals surface area contributed by atoms with E-state index >= 15 is 0 Å². The number of amides is 1. The summed E-state index contributed by atoms with van der Waals surface area (Å²) in [7, 11) is 0. The lowest BCUT2D eigenvalue weighted by Gasteiger charge is -2.11. The number of unbranched alkanes of at least 4 members (excludes halogenated alkanes) is 2. The molecule has 9 heteroatoms. The number of anilines is 1. The number of nitrogens with zero attached hydrogens (tertiary/aromatic N) is 3. The smallest absolute Gasteiger partial charge is 0.294 e. The quantitative estimate of drug-likeness (QED) is 0.257. The van der Waals surface area contributed by atoms with Crippen LogP contribution in [0.1, 0.15) is 41.3 Å². The van der Waals surface area contributed by atoms with Crippen molar-refractivity contribution in [2.24, 2.45) is 0 Å². The third-order valence-electron chi connectivity index (χ3n) is 5.28. The van der Waals surface area contributed by atoms with Gasteiger partial charge in [0.25, 0.3) is 5.91 Å². The van der Waals surface area contributed by atoms with Crippen LogP contribution in [0.15, 0.2) is 66.9 Å². The standard InChI is InChI=1S/C26H26ClN5O3/c27-22-10-9-20(35-14-6-2-5-13-33)17-21(22)19-11-12-28-23(16-19)30-26(34)25-29-24(31-32-25)15-18-7-3-1-4-8-18/h1,3-4,7-12,16-17,33H,2,5-6,13-15H2,(H,28,30,34)(H,29,31,32). The first-order chi connectivity index (χ1) is 17.1. The fourth-order valence-corrected chi connectivity index (χ4v) is 3.73. The molecule has 0 spiro atoms. The molecule has 0 radical (unpaired) electrons. The third-order valence-corrected chi connectivity index (χ3v) is 5.61. The molecule has 4 rings (SSSR count). The molecule has 0 atom stereocenters. The van der Waals surface area contributed by atoms with Crippen LogP contribution < -0.4 is 10.1 Å². The molecule has 35 heavy (non-hydrogen) atoms. The number of aliphatic hydroxyl groups excluding tert-OH is 1. The highest BCUT2D eigenvalue weighted by molar-refractivity contribution is 6.33. The van der Waals surface area contributed by atoms with Crippen molar-refractivity contribution in [2.45, 2.75) is 25.7 Å². The van der Waals surface area contributed by atoms with Crippen molar-refractivity contribution in [3.63, 3.8) is 0 Å². The third kappa shape index (κ3) is 6.88. The number of H-pyrrole nitrogens is 1. The van der Waals surface area contributed by atoms with Gasteiger partial charge in [0.05, 0.1) is 6.61 Å². The Kier molecular flexibility index (Phi) is 8.43. The summed E-state index contributed by atoms with van der Waals surface area (Å²) < 4.78 is 5.82. The van der Waals surface area contributed by atoms with Gasteiger partial charge in [0.1, 0.15) is 17.4 Å². The van der Waals surface area contributed by atoms with Crippen LogP contribution >= 0.6 is 11.6 Å². The minimum atomic E-state index is -0.437. The lowest BCUT2D eigenvalue weighted by Crippen LogP contribution is -2.14. The average molecular weight is 492 g/mol. The number of nitrogens with one attached hydrogen (secondary N) is 2. The number of aromatic nitrogens is 4. The predicted octanol–water partition coefficient (Wildman–Crippen LogP) is 4.90. The molecule has 2 aromatic carbocycles. The second-order valence-electron chi connectivity index (χ2n) is 7.94. The summed E-state index contributed by atoms with van der Waals surface area (Å²) in [5, 5.41) is 20.2. The second-order valence-corrected chi connectivity index (χ2v) is 8.35. The van der Waals surface area contributed by atoms with E-state index in [-0.39, 0.29) is 12.4 Å². The summed E-state index contributed by atoms with van der Waals surface area (Å²) in [6.45, 7) is 0.749. The molecule has 8 nitrogen and oxygen atoms in total. The van der Waals surface area contributed by atoms with Crippen LogP contribution in [0.5, 0.6) is 5.75 Å². The molecule has 1 amide bonds. The Morgan fingerprint density at radius 3 is 2.71 bits per heavy atom. The lowest BCUT2D eigenvalue weighted by atomic mass is 10.1. The summed E-state index contributed by atoms with van der Waals surface area (Å²) in [4.78, 5) is 19.9. The van der Waals surface area contributed by atoms with Gasteiger partial charge in [-0.05, 0) is 60.7 Å². The molecule has 2 heterocycles. The van der Waals surface area contributed by atoms with Crippen LogP contribution in [0.4, 0.5) is 5.82 Å². The zero-order valence-corrected chi connectivity index (χ0v) is 19.8. The zero-order chi connectivity index (χ0) is 24.5. The number of aromatic amines is 1. The van der Waals surface area contributed by atoms with Crippen molar-refractivity contribution >= 4 is 23.3 Å². The Hall–Kier alpha value is -3.75. The highest BCUT2D eigenvalue weighted by Crippen LogP contribution is 2.32. The van der Waals surface area contributed by atoms with Crippen LogP contribution in [0.3, 0.4) is 0 Å². The van der Waals surface area contributed by atoms with E-state index < -0.39 is 5.91 Å². The number of benzene rings is 2. The molecular weight excluding hydrogens is 466 g/mol.